The molecule has 0 amide bonds. The number of nitrogens with one attached hydrogen (secondary N) is 1. The fraction of sp³-hybridized carbons (Fsp3) is 0.375. The Kier molecular flexibility index (Phi) is 3.80. The zero-order valence-electron chi connectivity index (χ0n) is 12.3. The third-order valence-electron chi connectivity index (χ3n) is 3.23. The van der Waals surface area contributed by atoms with Crippen LogP contribution in [0.25, 0.3) is 11.3 Å². The van der Waals surface area contributed by atoms with Gasteiger partial charge in [-0.2, -0.15) is 5.26 Å². The molecule has 104 valence electrons. The second-order valence-corrected chi connectivity index (χ2v) is 5.30. The Morgan fingerprint density at radius 2 is 2.15 bits per heavy atom. The smallest absolute Gasteiger partial charge is 0.126 e. The average molecular weight is 269 g/mol. The molecule has 1 N–H and O–H groups in total. The van der Waals surface area contributed by atoms with Crippen LogP contribution in [0.1, 0.15) is 32.2 Å². The number of imidazole rings is 1. The van der Waals surface area contributed by atoms with E-state index in [1.807, 2.05) is 39.8 Å². The Morgan fingerprint density at radius 3 is 2.75 bits per heavy atom. The van der Waals surface area contributed by atoms with Gasteiger partial charge < -0.3 is 9.72 Å². The maximum atomic E-state index is 9.14. The van der Waals surface area contributed by atoms with E-state index >= 15 is 0 Å². The molecule has 0 aliphatic heterocycles. The maximum Gasteiger partial charge on any atom is 0.126 e. The maximum absolute atomic E-state index is 9.14. The summed E-state index contributed by atoms with van der Waals surface area (Å²) in [4.78, 5) is 7.54. The summed E-state index contributed by atoms with van der Waals surface area (Å²) in [5.41, 5.74) is 2.42. The first kappa shape index (κ1) is 14.1. The first-order chi connectivity index (χ1) is 9.47. The van der Waals surface area contributed by atoms with Crippen LogP contribution >= 0.6 is 0 Å². The van der Waals surface area contributed by atoms with Crippen LogP contribution in [0.3, 0.4) is 0 Å². The SMILES string of the molecule is CCOc1ccc(-c2cnc(C(C)(C)C#N)[nH]2)cc1C. The Balaban J connectivity index is 2.34. The lowest BCUT2D eigenvalue weighted by molar-refractivity contribution is 0.338. The second-order valence-electron chi connectivity index (χ2n) is 5.30. The standard InChI is InChI=1S/C16H19N3O/c1-5-20-14-7-6-12(8-11(14)2)13-9-18-15(19-13)16(3,4)10-17/h6-9H,5H2,1-4H3,(H,18,19). The molecule has 0 saturated heterocycles. The molecule has 4 heteroatoms. The number of ether oxygens (including phenoxy) is 1. The van der Waals surface area contributed by atoms with Crippen molar-refractivity contribution in [1.29, 1.82) is 5.26 Å². The molecule has 0 atom stereocenters. The number of aryl methyl sites for hydroxylation is 1. The molecule has 0 radical (unpaired) electrons. The second kappa shape index (κ2) is 5.38. The fourth-order valence-electron chi connectivity index (χ4n) is 1.97. The quantitative estimate of drug-likeness (QED) is 0.922. The monoisotopic (exact) mass is 269 g/mol. The van der Waals surface area contributed by atoms with E-state index in [1.165, 1.54) is 0 Å². The number of nitriles is 1. The molecule has 2 aromatic rings. The number of rotatable bonds is 4. The summed E-state index contributed by atoms with van der Waals surface area (Å²) in [7, 11) is 0. The van der Waals surface area contributed by atoms with Gasteiger partial charge in [-0.05, 0) is 51.5 Å². The number of H-pyrrole nitrogens is 1. The van der Waals surface area contributed by atoms with Crippen molar-refractivity contribution in [2.45, 2.75) is 33.1 Å². The van der Waals surface area contributed by atoms with Crippen molar-refractivity contribution in [3.8, 4) is 23.1 Å². The molecule has 4 nitrogen and oxygen atoms in total. The number of nitrogens with zero attached hydrogens (tertiary/aromatic N) is 2. The number of benzene rings is 1. The van der Waals surface area contributed by atoms with Crippen LogP contribution in [0.15, 0.2) is 24.4 Å². The van der Waals surface area contributed by atoms with Crippen LogP contribution < -0.4 is 4.74 Å². The molecule has 1 heterocycles. The molecule has 0 aliphatic carbocycles. The van der Waals surface area contributed by atoms with Crippen molar-refractivity contribution in [3.05, 3.63) is 35.8 Å². The van der Waals surface area contributed by atoms with Gasteiger partial charge in [-0.25, -0.2) is 4.98 Å². The summed E-state index contributed by atoms with van der Waals surface area (Å²) in [6, 6.07) is 8.26. The Hall–Kier alpha value is -2.28. The van der Waals surface area contributed by atoms with Crippen molar-refractivity contribution in [2.24, 2.45) is 0 Å². The predicted octanol–water partition coefficient (Wildman–Crippen LogP) is 3.59. The molecule has 1 aromatic carbocycles. The summed E-state index contributed by atoms with van der Waals surface area (Å²) in [6.45, 7) is 8.34. The van der Waals surface area contributed by atoms with Gasteiger partial charge in [-0.15, -0.1) is 0 Å². The van der Waals surface area contributed by atoms with Gasteiger partial charge in [0.05, 0.1) is 24.6 Å². The van der Waals surface area contributed by atoms with Crippen LogP contribution in [0.2, 0.25) is 0 Å². The first-order valence-electron chi connectivity index (χ1n) is 6.68. The average Bonchev–Trinajstić information content (AvgIpc) is 2.92. The van der Waals surface area contributed by atoms with Crippen molar-refractivity contribution in [2.75, 3.05) is 6.61 Å². The van der Waals surface area contributed by atoms with Gasteiger partial charge in [0.2, 0.25) is 0 Å². The van der Waals surface area contributed by atoms with Crippen LogP contribution in [-0.4, -0.2) is 16.6 Å². The number of hydrogen-bond acceptors (Lipinski definition) is 3. The Labute approximate surface area is 119 Å². The molecule has 0 aliphatic rings. The topological polar surface area (TPSA) is 61.7 Å². The van der Waals surface area contributed by atoms with E-state index in [9.17, 15) is 0 Å². The molecular weight excluding hydrogens is 250 g/mol. The van der Waals surface area contributed by atoms with Crippen LogP contribution in [0.5, 0.6) is 5.75 Å². The summed E-state index contributed by atoms with van der Waals surface area (Å²) in [5, 5.41) is 9.14. The van der Waals surface area contributed by atoms with Crippen LogP contribution in [0.4, 0.5) is 0 Å². The van der Waals surface area contributed by atoms with E-state index in [1.54, 1.807) is 6.20 Å². The van der Waals surface area contributed by atoms with E-state index < -0.39 is 5.41 Å². The van der Waals surface area contributed by atoms with Crippen molar-refractivity contribution in [3.63, 3.8) is 0 Å². The van der Waals surface area contributed by atoms with E-state index in [2.05, 4.69) is 22.1 Å². The highest BCUT2D eigenvalue weighted by Crippen LogP contribution is 2.27. The molecular formula is C16H19N3O. The summed E-state index contributed by atoms with van der Waals surface area (Å²) < 4.78 is 5.54. The molecule has 20 heavy (non-hydrogen) atoms. The van der Waals surface area contributed by atoms with Gasteiger partial charge in [0.1, 0.15) is 17.0 Å². The van der Waals surface area contributed by atoms with Gasteiger partial charge in [-0.1, -0.05) is 0 Å². The highest BCUT2D eigenvalue weighted by Gasteiger charge is 2.23. The lowest BCUT2D eigenvalue weighted by Gasteiger charge is -2.11. The summed E-state index contributed by atoms with van der Waals surface area (Å²) in [5.74, 6) is 1.58. The van der Waals surface area contributed by atoms with E-state index in [0.717, 1.165) is 22.6 Å². The number of aromatic nitrogens is 2. The minimum Gasteiger partial charge on any atom is -0.494 e. The normalized spacial score (nSPS) is 11.2. The third kappa shape index (κ3) is 2.67. The molecule has 1 aromatic heterocycles. The van der Waals surface area contributed by atoms with E-state index in [-0.39, 0.29) is 0 Å². The number of aromatic amines is 1. The van der Waals surface area contributed by atoms with E-state index in [4.69, 9.17) is 10.00 Å². The summed E-state index contributed by atoms with van der Waals surface area (Å²) in [6.07, 6.45) is 1.77. The third-order valence-corrected chi connectivity index (χ3v) is 3.23. The van der Waals surface area contributed by atoms with E-state index in [0.29, 0.717) is 12.4 Å². The highest BCUT2D eigenvalue weighted by atomic mass is 16.5. The minimum atomic E-state index is -0.613. The van der Waals surface area contributed by atoms with Gasteiger partial charge in [-0.3, -0.25) is 0 Å². The molecule has 0 spiro atoms. The van der Waals surface area contributed by atoms with Crippen molar-refractivity contribution >= 4 is 0 Å². The Bertz CT molecular complexity index is 650. The molecule has 0 saturated carbocycles. The Morgan fingerprint density at radius 1 is 1.40 bits per heavy atom. The lowest BCUT2D eigenvalue weighted by Crippen LogP contribution is -2.15. The van der Waals surface area contributed by atoms with Gasteiger partial charge in [0, 0.05) is 5.56 Å². The van der Waals surface area contributed by atoms with Gasteiger partial charge >= 0.3 is 0 Å². The van der Waals surface area contributed by atoms with Gasteiger partial charge in [0.25, 0.3) is 0 Å². The number of hydrogen-bond donors (Lipinski definition) is 1. The molecule has 0 fully saturated rings. The fourth-order valence-corrected chi connectivity index (χ4v) is 1.97. The molecule has 2 rings (SSSR count). The zero-order chi connectivity index (χ0) is 14.8. The van der Waals surface area contributed by atoms with Gasteiger partial charge in [0.15, 0.2) is 0 Å². The zero-order valence-corrected chi connectivity index (χ0v) is 12.3. The van der Waals surface area contributed by atoms with Crippen LogP contribution in [0, 0.1) is 18.3 Å². The lowest BCUT2D eigenvalue weighted by atomic mass is 9.95. The predicted molar refractivity (Wildman–Crippen MR) is 78.6 cm³/mol. The summed E-state index contributed by atoms with van der Waals surface area (Å²) >= 11 is 0. The highest BCUT2D eigenvalue weighted by molar-refractivity contribution is 5.61. The minimum absolute atomic E-state index is 0.613. The first-order valence-corrected chi connectivity index (χ1v) is 6.68. The van der Waals surface area contributed by atoms with Crippen molar-refractivity contribution in [1.82, 2.24) is 9.97 Å². The van der Waals surface area contributed by atoms with Crippen molar-refractivity contribution < 1.29 is 4.74 Å². The largest absolute Gasteiger partial charge is 0.494 e. The molecule has 0 unspecified atom stereocenters. The molecule has 0 bridgehead atoms. The van der Waals surface area contributed by atoms with Crippen LogP contribution in [-0.2, 0) is 5.41 Å².